The molecule has 0 aliphatic heterocycles. The zero-order valence-corrected chi connectivity index (χ0v) is 15.4. The lowest BCUT2D eigenvalue weighted by atomic mass is 10.1. The zero-order chi connectivity index (χ0) is 16.1. The molecule has 132 valence electrons. The Morgan fingerprint density at radius 2 is 1.23 bits per heavy atom. The first-order valence-corrected chi connectivity index (χ1v) is 9.81. The summed E-state index contributed by atoms with van der Waals surface area (Å²) in [5.41, 5.74) is 0. The molecule has 0 aliphatic carbocycles. The summed E-state index contributed by atoms with van der Waals surface area (Å²) in [5.74, 6) is 0.828. The van der Waals surface area contributed by atoms with Crippen molar-refractivity contribution in [2.75, 3.05) is 25.9 Å². The van der Waals surface area contributed by atoms with Gasteiger partial charge in [0, 0.05) is 12.5 Å². The van der Waals surface area contributed by atoms with Gasteiger partial charge in [-0.05, 0) is 32.6 Å². The smallest absolute Gasteiger partial charge is 0.146 e. The van der Waals surface area contributed by atoms with Gasteiger partial charge in [-0.15, -0.1) is 11.6 Å². The molecule has 0 aromatic carbocycles. The quantitative estimate of drug-likeness (QED) is 0.124. The van der Waals surface area contributed by atoms with Crippen LogP contribution in [0.3, 0.4) is 0 Å². The van der Waals surface area contributed by atoms with E-state index >= 15 is 0 Å². The summed E-state index contributed by atoms with van der Waals surface area (Å²) in [6.45, 7) is 3.90. The van der Waals surface area contributed by atoms with Gasteiger partial charge in [0.05, 0.1) is 6.61 Å². The van der Waals surface area contributed by atoms with Gasteiger partial charge >= 0.3 is 0 Å². The van der Waals surface area contributed by atoms with Gasteiger partial charge in [-0.25, -0.2) is 0 Å². The molecule has 0 rings (SSSR count). The highest BCUT2D eigenvalue weighted by Crippen LogP contribution is 2.11. The minimum atomic E-state index is 0.428. The van der Waals surface area contributed by atoms with Crippen molar-refractivity contribution in [3.63, 3.8) is 0 Å². The lowest BCUT2D eigenvalue weighted by Gasteiger charge is -2.02. The van der Waals surface area contributed by atoms with Gasteiger partial charge in [0.25, 0.3) is 0 Å². The van der Waals surface area contributed by atoms with Crippen LogP contribution in [-0.2, 0) is 9.47 Å². The van der Waals surface area contributed by atoms with E-state index in [4.69, 9.17) is 21.1 Å². The summed E-state index contributed by atoms with van der Waals surface area (Å²) in [6.07, 6.45) is 20.3. The van der Waals surface area contributed by atoms with Crippen LogP contribution in [0, 0.1) is 0 Å². The molecule has 0 aromatic rings. The SMILES string of the molecule is CCOCOCCC=CCCCCCCCCCCCCCl. The zero-order valence-electron chi connectivity index (χ0n) is 14.7. The van der Waals surface area contributed by atoms with Crippen molar-refractivity contribution in [2.24, 2.45) is 0 Å². The van der Waals surface area contributed by atoms with Crippen LogP contribution in [0.1, 0.15) is 84.0 Å². The van der Waals surface area contributed by atoms with Crippen LogP contribution >= 0.6 is 11.6 Å². The standard InChI is InChI=1S/C19H37ClO2/c1-2-21-19-22-18-16-14-12-10-8-6-4-3-5-7-9-11-13-15-17-20/h12,14H,2-11,13,15-19H2,1H3. The molecule has 0 saturated heterocycles. The number of ether oxygens (including phenoxy) is 2. The van der Waals surface area contributed by atoms with Crippen LogP contribution < -0.4 is 0 Å². The Morgan fingerprint density at radius 3 is 1.82 bits per heavy atom. The van der Waals surface area contributed by atoms with Crippen LogP contribution in [0.2, 0.25) is 0 Å². The first-order chi connectivity index (χ1) is 10.9. The molecule has 0 fully saturated rings. The Labute approximate surface area is 143 Å². The number of halogens is 1. The first kappa shape index (κ1) is 21.9. The number of hydrogen-bond donors (Lipinski definition) is 0. The molecule has 0 bridgehead atoms. The maximum atomic E-state index is 5.66. The maximum Gasteiger partial charge on any atom is 0.146 e. The third kappa shape index (κ3) is 19.9. The van der Waals surface area contributed by atoms with E-state index in [-0.39, 0.29) is 0 Å². The van der Waals surface area contributed by atoms with Gasteiger partial charge in [0.1, 0.15) is 6.79 Å². The normalized spacial score (nSPS) is 11.5. The van der Waals surface area contributed by atoms with Crippen LogP contribution in [0.4, 0.5) is 0 Å². The second-order valence-corrected chi connectivity index (χ2v) is 6.17. The summed E-state index contributed by atoms with van der Waals surface area (Å²) in [5, 5.41) is 0. The van der Waals surface area contributed by atoms with Crippen LogP contribution in [0.15, 0.2) is 12.2 Å². The average Bonchev–Trinajstić information content (AvgIpc) is 2.54. The van der Waals surface area contributed by atoms with Gasteiger partial charge in [0.2, 0.25) is 0 Å². The Morgan fingerprint density at radius 1 is 0.682 bits per heavy atom. The summed E-state index contributed by atoms with van der Waals surface area (Å²) in [6, 6.07) is 0. The van der Waals surface area contributed by atoms with E-state index in [1.54, 1.807) is 0 Å². The molecular formula is C19H37ClO2. The molecule has 0 N–H and O–H groups in total. The largest absolute Gasteiger partial charge is 0.356 e. The highest BCUT2D eigenvalue weighted by molar-refractivity contribution is 6.17. The van der Waals surface area contributed by atoms with Crippen molar-refractivity contribution in [1.82, 2.24) is 0 Å². The molecule has 0 radical (unpaired) electrons. The van der Waals surface area contributed by atoms with Crippen molar-refractivity contribution in [1.29, 1.82) is 0 Å². The maximum absolute atomic E-state index is 5.66. The molecule has 22 heavy (non-hydrogen) atoms. The number of unbranched alkanes of at least 4 members (excludes halogenated alkanes) is 10. The molecule has 0 aromatic heterocycles. The second kappa shape index (κ2) is 20.9. The molecule has 0 amide bonds. The monoisotopic (exact) mass is 332 g/mol. The molecule has 0 unspecified atom stereocenters. The lowest BCUT2D eigenvalue weighted by molar-refractivity contribution is -0.0476. The van der Waals surface area contributed by atoms with Crippen LogP contribution in [-0.4, -0.2) is 25.9 Å². The Kier molecular flexibility index (Phi) is 20.9. The number of hydrogen-bond acceptors (Lipinski definition) is 2. The lowest BCUT2D eigenvalue weighted by Crippen LogP contribution is -1.99. The number of allylic oxidation sites excluding steroid dienone is 1. The topological polar surface area (TPSA) is 18.5 Å². The van der Waals surface area contributed by atoms with E-state index < -0.39 is 0 Å². The second-order valence-electron chi connectivity index (χ2n) is 5.79. The van der Waals surface area contributed by atoms with E-state index in [9.17, 15) is 0 Å². The first-order valence-electron chi connectivity index (χ1n) is 9.28. The molecule has 0 spiro atoms. The fourth-order valence-electron chi connectivity index (χ4n) is 2.36. The summed E-state index contributed by atoms with van der Waals surface area (Å²) in [7, 11) is 0. The summed E-state index contributed by atoms with van der Waals surface area (Å²) >= 11 is 5.66. The minimum absolute atomic E-state index is 0.428. The number of alkyl halides is 1. The average molecular weight is 333 g/mol. The fourth-order valence-corrected chi connectivity index (χ4v) is 2.55. The highest BCUT2D eigenvalue weighted by Gasteiger charge is 1.92. The third-order valence-electron chi connectivity index (χ3n) is 3.72. The molecule has 0 aliphatic rings. The van der Waals surface area contributed by atoms with Crippen LogP contribution in [0.25, 0.3) is 0 Å². The summed E-state index contributed by atoms with van der Waals surface area (Å²) < 4.78 is 10.4. The van der Waals surface area contributed by atoms with E-state index in [1.165, 1.54) is 70.6 Å². The molecule has 0 saturated carbocycles. The summed E-state index contributed by atoms with van der Waals surface area (Å²) in [4.78, 5) is 0. The minimum Gasteiger partial charge on any atom is -0.356 e. The Bertz CT molecular complexity index is 219. The molecule has 2 nitrogen and oxygen atoms in total. The third-order valence-corrected chi connectivity index (χ3v) is 3.99. The van der Waals surface area contributed by atoms with Gasteiger partial charge in [-0.1, -0.05) is 63.5 Å². The van der Waals surface area contributed by atoms with E-state index in [0.717, 1.165) is 25.5 Å². The van der Waals surface area contributed by atoms with Crippen molar-refractivity contribution >= 4 is 11.6 Å². The fraction of sp³-hybridized carbons (Fsp3) is 0.895. The van der Waals surface area contributed by atoms with Gasteiger partial charge in [0.15, 0.2) is 0 Å². The molecule has 0 atom stereocenters. The van der Waals surface area contributed by atoms with Crippen molar-refractivity contribution in [2.45, 2.75) is 84.0 Å². The van der Waals surface area contributed by atoms with Crippen molar-refractivity contribution in [3.8, 4) is 0 Å². The van der Waals surface area contributed by atoms with E-state index in [1.807, 2.05) is 6.92 Å². The predicted octanol–water partition coefficient (Wildman–Crippen LogP) is 6.47. The molecule has 3 heteroatoms. The Hall–Kier alpha value is -0.0500. The van der Waals surface area contributed by atoms with Gasteiger partial charge in [-0.3, -0.25) is 0 Å². The van der Waals surface area contributed by atoms with Crippen molar-refractivity contribution < 1.29 is 9.47 Å². The van der Waals surface area contributed by atoms with E-state index in [2.05, 4.69) is 12.2 Å². The Balaban J connectivity index is 3.01. The van der Waals surface area contributed by atoms with E-state index in [0.29, 0.717) is 6.79 Å². The molecule has 0 heterocycles. The highest BCUT2D eigenvalue weighted by atomic mass is 35.5. The van der Waals surface area contributed by atoms with Gasteiger partial charge in [-0.2, -0.15) is 0 Å². The molecular weight excluding hydrogens is 296 g/mol. The van der Waals surface area contributed by atoms with Crippen molar-refractivity contribution in [3.05, 3.63) is 12.2 Å². The van der Waals surface area contributed by atoms with Crippen LogP contribution in [0.5, 0.6) is 0 Å². The van der Waals surface area contributed by atoms with Gasteiger partial charge < -0.3 is 9.47 Å². The number of rotatable bonds is 18. The predicted molar refractivity (Wildman–Crippen MR) is 97.7 cm³/mol.